The molecule has 0 spiro atoms. The Bertz CT molecular complexity index is 536. The fourth-order valence-electron chi connectivity index (χ4n) is 3.04. The van der Waals surface area contributed by atoms with Crippen LogP contribution in [0, 0.1) is 13.8 Å². The zero-order chi connectivity index (χ0) is 14.1. The van der Waals surface area contributed by atoms with E-state index in [1.807, 2.05) is 6.07 Å². The number of hydrogen-bond acceptors (Lipinski definition) is 4. The smallest absolute Gasteiger partial charge is 0.227 e. The summed E-state index contributed by atoms with van der Waals surface area (Å²) in [4.78, 5) is 14.1. The normalized spacial score (nSPS) is 18.9. The first-order chi connectivity index (χ1) is 9.66. The van der Waals surface area contributed by atoms with Gasteiger partial charge in [0.05, 0.1) is 18.7 Å². The molecule has 0 unspecified atom stereocenters. The lowest BCUT2D eigenvalue weighted by molar-refractivity contribution is -0.116. The Hall–Kier alpha value is -1.75. The lowest BCUT2D eigenvalue weighted by atomic mass is 10.0. The van der Waals surface area contributed by atoms with E-state index in [1.54, 1.807) is 0 Å². The fourth-order valence-corrected chi connectivity index (χ4v) is 3.04. The molecule has 5 nitrogen and oxygen atoms in total. The number of amides is 1. The van der Waals surface area contributed by atoms with Crippen molar-refractivity contribution in [1.29, 1.82) is 0 Å². The van der Waals surface area contributed by atoms with Crippen molar-refractivity contribution in [2.24, 2.45) is 0 Å². The van der Waals surface area contributed by atoms with Crippen molar-refractivity contribution in [2.45, 2.75) is 20.3 Å². The van der Waals surface area contributed by atoms with Crippen LogP contribution in [0.3, 0.4) is 0 Å². The summed E-state index contributed by atoms with van der Waals surface area (Å²) >= 11 is 0. The number of ether oxygens (including phenoxy) is 1. The molecule has 1 aromatic carbocycles. The Kier molecular flexibility index (Phi) is 3.53. The SMILES string of the molecule is Cc1cc2c(c(C)c1N1CCNCC1)NC(=O)CCO2. The number of piperazine rings is 1. The van der Waals surface area contributed by atoms with E-state index in [2.05, 4.69) is 29.4 Å². The van der Waals surface area contributed by atoms with Crippen LogP contribution < -0.4 is 20.3 Å². The molecule has 3 rings (SSSR count). The summed E-state index contributed by atoms with van der Waals surface area (Å²) in [5.74, 6) is 0.826. The number of carbonyl (C=O) groups is 1. The second kappa shape index (κ2) is 5.32. The molecule has 0 bridgehead atoms. The van der Waals surface area contributed by atoms with Crippen LogP contribution in [0.1, 0.15) is 17.5 Å². The van der Waals surface area contributed by atoms with E-state index in [-0.39, 0.29) is 5.91 Å². The Morgan fingerprint density at radius 1 is 1.25 bits per heavy atom. The first-order valence-electron chi connectivity index (χ1n) is 7.19. The van der Waals surface area contributed by atoms with Gasteiger partial charge in [0, 0.05) is 31.9 Å². The molecular formula is C15H21N3O2. The van der Waals surface area contributed by atoms with E-state index < -0.39 is 0 Å². The van der Waals surface area contributed by atoms with Gasteiger partial charge >= 0.3 is 0 Å². The molecule has 20 heavy (non-hydrogen) atoms. The maximum atomic E-state index is 11.8. The van der Waals surface area contributed by atoms with Crippen molar-refractivity contribution >= 4 is 17.3 Å². The Balaban J connectivity index is 2.04. The van der Waals surface area contributed by atoms with Gasteiger partial charge in [0.25, 0.3) is 0 Å². The maximum absolute atomic E-state index is 11.8. The molecule has 5 heteroatoms. The van der Waals surface area contributed by atoms with Gasteiger partial charge in [-0.25, -0.2) is 0 Å². The number of aryl methyl sites for hydroxylation is 1. The lowest BCUT2D eigenvalue weighted by Gasteiger charge is -2.33. The number of anilines is 2. The van der Waals surface area contributed by atoms with Gasteiger partial charge in [-0.05, 0) is 31.0 Å². The van der Waals surface area contributed by atoms with E-state index >= 15 is 0 Å². The number of rotatable bonds is 1. The van der Waals surface area contributed by atoms with E-state index in [0.717, 1.165) is 43.2 Å². The molecule has 1 amide bonds. The van der Waals surface area contributed by atoms with E-state index in [4.69, 9.17) is 4.74 Å². The Labute approximate surface area is 119 Å². The van der Waals surface area contributed by atoms with Gasteiger partial charge in [-0.3, -0.25) is 4.79 Å². The van der Waals surface area contributed by atoms with Crippen LogP contribution in [-0.4, -0.2) is 38.7 Å². The van der Waals surface area contributed by atoms with Gasteiger partial charge in [-0.2, -0.15) is 0 Å². The molecule has 108 valence electrons. The number of nitrogens with one attached hydrogen (secondary N) is 2. The van der Waals surface area contributed by atoms with E-state index in [1.165, 1.54) is 11.3 Å². The zero-order valence-corrected chi connectivity index (χ0v) is 12.1. The van der Waals surface area contributed by atoms with Gasteiger partial charge in [0.1, 0.15) is 5.75 Å². The second-order valence-electron chi connectivity index (χ2n) is 5.42. The minimum Gasteiger partial charge on any atom is -0.491 e. The van der Waals surface area contributed by atoms with Gasteiger partial charge < -0.3 is 20.3 Å². The molecule has 2 aliphatic heterocycles. The third-order valence-corrected chi connectivity index (χ3v) is 3.98. The number of nitrogens with zero attached hydrogens (tertiary/aromatic N) is 1. The first kappa shape index (κ1) is 13.2. The predicted molar refractivity (Wildman–Crippen MR) is 79.7 cm³/mol. The quantitative estimate of drug-likeness (QED) is 0.814. The van der Waals surface area contributed by atoms with Crippen LogP contribution in [0.4, 0.5) is 11.4 Å². The van der Waals surface area contributed by atoms with Gasteiger partial charge in [0.2, 0.25) is 5.91 Å². The predicted octanol–water partition coefficient (Wildman–Crippen LogP) is 1.43. The van der Waals surface area contributed by atoms with Gasteiger partial charge in [0.15, 0.2) is 0 Å². The summed E-state index contributed by atoms with van der Waals surface area (Å²) in [6, 6.07) is 2.05. The molecule has 0 saturated carbocycles. The molecule has 1 fully saturated rings. The van der Waals surface area contributed by atoms with Gasteiger partial charge in [-0.15, -0.1) is 0 Å². The van der Waals surface area contributed by atoms with Crippen molar-refractivity contribution < 1.29 is 9.53 Å². The molecule has 0 radical (unpaired) electrons. The minimum absolute atomic E-state index is 0.0296. The lowest BCUT2D eigenvalue weighted by Crippen LogP contribution is -2.44. The molecule has 1 saturated heterocycles. The fraction of sp³-hybridized carbons (Fsp3) is 0.533. The number of hydrogen-bond donors (Lipinski definition) is 2. The molecule has 2 N–H and O–H groups in total. The third kappa shape index (κ3) is 2.33. The molecule has 1 aromatic rings. The zero-order valence-electron chi connectivity index (χ0n) is 12.1. The second-order valence-corrected chi connectivity index (χ2v) is 5.42. The minimum atomic E-state index is 0.0296. The van der Waals surface area contributed by atoms with Crippen LogP contribution in [0.5, 0.6) is 5.75 Å². The highest BCUT2D eigenvalue weighted by molar-refractivity contribution is 5.95. The third-order valence-electron chi connectivity index (χ3n) is 3.98. The number of carbonyl (C=O) groups excluding carboxylic acids is 1. The van der Waals surface area contributed by atoms with Crippen LogP contribution in [-0.2, 0) is 4.79 Å². The topological polar surface area (TPSA) is 53.6 Å². The molecule has 2 heterocycles. The first-order valence-corrected chi connectivity index (χ1v) is 7.19. The summed E-state index contributed by atoms with van der Waals surface area (Å²) < 4.78 is 5.71. The van der Waals surface area contributed by atoms with Crippen molar-refractivity contribution in [3.8, 4) is 5.75 Å². The standard InChI is InChI=1S/C15H21N3O2/c1-10-9-12-14(17-13(19)3-8-20-12)11(2)15(10)18-6-4-16-5-7-18/h9,16H,3-8H2,1-2H3,(H,17,19). The van der Waals surface area contributed by atoms with Crippen LogP contribution in [0.25, 0.3) is 0 Å². The molecular weight excluding hydrogens is 254 g/mol. The highest BCUT2D eigenvalue weighted by Crippen LogP contribution is 2.39. The Morgan fingerprint density at radius 2 is 2.00 bits per heavy atom. The molecule has 2 aliphatic rings. The largest absolute Gasteiger partial charge is 0.491 e. The number of benzene rings is 1. The summed E-state index contributed by atoms with van der Waals surface area (Å²) in [6.45, 7) is 8.62. The Morgan fingerprint density at radius 3 is 2.75 bits per heavy atom. The van der Waals surface area contributed by atoms with E-state index in [9.17, 15) is 4.79 Å². The average molecular weight is 275 g/mol. The summed E-state index contributed by atoms with van der Waals surface area (Å²) in [5, 5.41) is 6.36. The molecule has 0 aromatic heterocycles. The monoisotopic (exact) mass is 275 g/mol. The summed E-state index contributed by atoms with van der Waals surface area (Å²) in [5.41, 5.74) is 4.39. The summed E-state index contributed by atoms with van der Waals surface area (Å²) in [7, 11) is 0. The van der Waals surface area contributed by atoms with E-state index in [0.29, 0.717) is 13.0 Å². The highest BCUT2D eigenvalue weighted by Gasteiger charge is 2.23. The molecule has 0 atom stereocenters. The van der Waals surface area contributed by atoms with Crippen LogP contribution in [0.15, 0.2) is 6.07 Å². The maximum Gasteiger partial charge on any atom is 0.227 e. The van der Waals surface area contributed by atoms with Crippen LogP contribution in [0.2, 0.25) is 0 Å². The summed E-state index contributed by atoms with van der Waals surface area (Å²) in [6.07, 6.45) is 0.413. The molecule has 0 aliphatic carbocycles. The van der Waals surface area contributed by atoms with Crippen LogP contribution >= 0.6 is 0 Å². The average Bonchev–Trinajstić information content (AvgIpc) is 2.62. The van der Waals surface area contributed by atoms with Crippen molar-refractivity contribution in [3.05, 3.63) is 17.2 Å². The van der Waals surface area contributed by atoms with Crippen molar-refractivity contribution in [2.75, 3.05) is 43.0 Å². The van der Waals surface area contributed by atoms with Crippen molar-refractivity contribution in [3.63, 3.8) is 0 Å². The van der Waals surface area contributed by atoms with Gasteiger partial charge in [-0.1, -0.05) is 0 Å². The number of fused-ring (bicyclic) bond motifs is 1. The van der Waals surface area contributed by atoms with Crippen molar-refractivity contribution in [1.82, 2.24) is 5.32 Å². The highest BCUT2D eigenvalue weighted by atomic mass is 16.5.